The van der Waals surface area contributed by atoms with Gasteiger partial charge in [0.25, 0.3) is 11.8 Å². The Morgan fingerprint density at radius 3 is 2.57 bits per heavy atom. The van der Waals surface area contributed by atoms with E-state index in [1.165, 1.54) is 12.1 Å². The van der Waals surface area contributed by atoms with Gasteiger partial charge >= 0.3 is 0 Å². The van der Waals surface area contributed by atoms with E-state index in [4.69, 9.17) is 10.2 Å². The van der Waals surface area contributed by atoms with Crippen molar-refractivity contribution >= 4 is 23.6 Å². The van der Waals surface area contributed by atoms with Crippen LogP contribution in [0.15, 0.2) is 16.5 Å². The van der Waals surface area contributed by atoms with Crippen molar-refractivity contribution in [2.24, 2.45) is 5.73 Å². The lowest BCUT2D eigenvalue weighted by atomic mass is 10.0. The highest BCUT2D eigenvalue weighted by molar-refractivity contribution is 5.95. The molecule has 0 aliphatic carbocycles. The monoisotopic (exact) mass is 392 g/mol. The average molecular weight is 392 g/mol. The van der Waals surface area contributed by atoms with Gasteiger partial charge in [-0.3, -0.25) is 19.2 Å². The topological polar surface area (TPSA) is 135 Å². The number of rotatable bonds is 7. The Labute approximate surface area is 164 Å². The number of nitrogens with one attached hydrogen (secondary N) is 2. The Morgan fingerprint density at radius 2 is 1.89 bits per heavy atom. The van der Waals surface area contributed by atoms with Crippen molar-refractivity contribution in [2.45, 2.75) is 51.5 Å². The van der Waals surface area contributed by atoms with E-state index in [1.807, 2.05) is 6.92 Å². The summed E-state index contributed by atoms with van der Waals surface area (Å²) in [7, 11) is 0. The lowest BCUT2D eigenvalue weighted by molar-refractivity contribution is -0.126. The van der Waals surface area contributed by atoms with Crippen LogP contribution in [-0.4, -0.2) is 54.2 Å². The summed E-state index contributed by atoms with van der Waals surface area (Å²) in [6.07, 6.45) is 4.58. The van der Waals surface area contributed by atoms with E-state index in [2.05, 4.69) is 10.6 Å². The van der Waals surface area contributed by atoms with Crippen LogP contribution in [0.3, 0.4) is 0 Å². The molecule has 1 aromatic rings. The van der Waals surface area contributed by atoms with Gasteiger partial charge in [0.15, 0.2) is 11.5 Å². The van der Waals surface area contributed by atoms with Crippen LogP contribution in [0.2, 0.25) is 0 Å². The largest absolute Gasteiger partial charge is 0.446 e. The molecule has 1 aliphatic heterocycles. The highest BCUT2D eigenvalue weighted by Crippen LogP contribution is 2.16. The fourth-order valence-electron chi connectivity index (χ4n) is 3.14. The van der Waals surface area contributed by atoms with E-state index in [9.17, 15) is 19.2 Å². The number of nitrogens with two attached hydrogens (primary N) is 1. The van der Waals surface area contributed by atoms with Gasteiger partial charge in [0.2, 0.25) is 11.8 Å². The van der Waals surface area contributed by atoms with Gasteiger partial charge in [-0.25, -0.2) is 0 Å². The molecule has 1 aliphatic rings. The normalized spacial score (nSPS) is 17.3. The molecule has 1 saturated heterocycles. The van der Waals surface area contributed by atoms with Crippen LogP contribution < -0.4 is 16.4 Å². The molecule has 28 heavy (non-hydrogen) atoms. The molecule has 4 amide bonds. The van der Waals surface area contributed by atoms with E-state index in [-0.39, 0.29) is 41.8 Å². The zero-order chi connectivity index (χ0) is 20.5. The molecule has 9 heteroatoms. The predicted octanol–water partition coefficient (Wildman–Crippen LogP) is 0.796. The fraction of sp³-hybridized carbons (Fsp3) is 0.579. The lowest BCUT2D eigenvalue weighted by Gasteiger charge is -2.30. The third kappa shape index (κ3) is 6.40. The van der Waals surface area contributed by atoms with Crippen LogP contribution in [0, 0.1) is 0 Å². The first-order valence-corrected chi connectivity index (χ1v) is 9.65. The van der Waals surface area contributed by atoms with Crippen LogP contribution in [0.4, 0.5) is 0 Å². The highest BCUT2D eigenvalue weighted by atomic mass is 16.4. The fourth-order valence-corrected chi connectivity index (χ4v) is 3.14. The summed E-state index contributed by atoms with van der Waals surface area (Å²) in [4.78, 5) is 49.2. The Balaban J connectivity index is 1.95. The molecule has 0 spiro atoms. The Morgan fingerprint density at radius 1 is 1.14 bits per heavy atom. The van der Waals surface area contributed by atoms with E-state index < -0.39 is 5.91 Å². The third-order valence-electron chi connectivity index (χ3n) is 4.56. The van der Waals surface area contributed by atoms with Crippen molar-refractivity contribution in [1.29, 1.82) is 0 Å². The summed E-state index contributed by atoms with van der Waals surface area (Å²) in [6.45, 7) is 2.68. The van der Waals surface area contributed by atoms with Crippen LogP contribution in [-0.2, 0) is 9.59 Å². The third-order valence-corrected chi connectivity index (χ3v) is 4.56. The van der Waals surface area contributed by atoms with Crippen molar-refractivity contribution in [2.75, 3.05) is 19.6 Å². The molecule has 1 atom stereocenters. The molecule has 0 bridgehead atoms. The second-order valence-corrected chi connectivity index (χ2v) is 6.92. The molecule has 154 valence electrons. The predicted molar refractivity (Wildman–Crippen MR) is 101 cm³/mol. The number of primary amides is 1. The molecular weight excluding hydrogens is 364 g/mol. The van der Waals surface area contributed by atoms with Crippen LogP contribution in [0.25, 0.3) is 0 Å². The van der Waals surface area contributed by atoms with Gasteiger partial charge in [0, 0.05) is 25.6 Å². The molecule has 9 nitrogen and oxygen atoms in total. The van der Waals surface area contributed by atoms with Gasteiger partial charge in [-0.1, -0.05) is 19.8 Å². The van der Waals surface area contributed by atoms with E-state index in [0.29, 0.717) is 19.5 Å². The Hall–Kier alpha value is -2.84. The number of amides is 4. The molecule has 2 heterocycles. The number of nitrogens with zero attached hydrogens (tertiary/aromatic N) is 1. The molecule has 2 rings (SSSR count). The molecule has 1 unspecified atom stereocenters. The Bertz CT molecular complexity index is 715. The standard InChI is InChI=1S/C19H28N4O5/c1-2-6-16(24)21-11-17(25)22-13-7-4-3-5-10-23(12-13)19(27)15-9-8-14(28-15)18(20)26/h8-9,13H,2-7,10-12H2,1H3,(H2,20,26)(H,21,24)(H,22,25). The maximum Gasteiger partial charge on any atom is 0.289 e. The van der Waals surface area contributed by atoms with Gasteiger partial charge in [-0.05, 0) is 31.4 Å². The average Bonchev–Trinajstić information content (AvgIpc) is 3.12. The maximum absolute atomic E-state index is 12.7. The molecular formula is C19H28N4O5. The summed E-state index contributed by atoms with van der Waals surface area (Å²) in [5.74, 6) is -1.53. The van der Waals surface area contributed by atoms with E-state index in [1.54, 1.807) is 4.90 Å². The minimum Gasteiger partial charge on any atom is -0.446 e. The molecule has 1 aromatic heterocycles. The summed E-state index contributed by atoms with van der Waals surface area (Å²) >= 11 is 0. The van der Waals surface area contributed by atoms with E-state index >= 15 is 0 Å². The number of hydrogen-bond acceptors (Lipinski definition) is 5. The molecule has 0 saturated carbocycles. The molecule has 4 N–H and O–H groups in total. The van der Waals surface area contributed by atoms with Crippen LogP contribution in [0.1, 0.15) is 66.6 Å². The first-order chi connectivity index (χ1) is 13.4. The van der Waals surface area contributed by atoms with Crippen LogP contribution in [0.5, 0.6) is 0 Å². The second-order valence-electron chi connectivity index (χ2n) is 6.92. The zero-order valence-electron chi connectivity index (χ0n) is 16.2. The van der Waals surface area contributed by atoms with Gasteiger partial charge < -0.3 is 25.7 Å². The SMILES string of the molecule is CCCC(=O)NCC(=O)NC1CCCCCN(C(=O)c2ccc(C(N)=O)o2)C1. The maximum atomic E-state index is 12.7. The number of carbonyl (C=O) groups is 4. The molecule has 0 aromatic carbocycles. The molecule has 0 radical (unpaired) electrons. The summed E-state index contributed by atoms with van der Waals surface area (Å²) in [6, 6.07) is 2.58. The highest BCUT2D eigenvalue weighted by Gasteiger charge is 2.25. The van der Waals surface area contributed by atoms with Crippen molar-refractivity contribution < 1.29 is 23.6 Å². The smallest absolute Gasteiger partial charge is 0.289 e. The van der Waals surface area contributed by atoms with Gasteiger partial charge in [-0.2, -0.15) is 0 Å². The van der Waals surface area contributed by atoms with Gasteiger partial charge in [-0.15, -0.1) is 0 Å². The molecule has 1 fully saturated rings. The summed E-state index contributed by atoms with van der Waals surface area (Å²) in [5, 5.41) is 5.48. The number of hydrogen-bond donors (Lipinski definition) is 3. The van der Waals surface area contributed by atoms with Crippen molar-refractivity contribution in [3.05, 3.63) is 23.7 Å². The van der Waals surface area contributed by atoms with Crippen LogP contribution >= 0.6 is 0 Å². The van der Waals surface area contributed by atoms with E-state index in [0.717, 1.165) is 32.1 Å². The summed E-state index contributed by atoms with van der Waals surface area (Å²) < 4.78 is 5.24. The number of carbonyl (C=O) groups excluding carboxylic acids is 4. The van der Waals surface area contributed by atoms with Crippen molar-refractivity contribution in [3.8, 4) is 0 Å². The van der Waals surface area contributed by atoms with Gasteiger partial charge in [0.05, 0.1) is 6.54 Å². The zero-order valence-corrected chi connectivity index (χ0v) is 16.2. The Kier molecular flexibility index (Phi) is 8.03. The quantitative estimate of drug-likeness (QED) is 0.631. The number of furan rings is 1. The lowest BCUT2D eigenvalue weighted by Crippen LogP contribution is -2.49. The first kappa shape index (κ1) is 21.5. The van der Waals surface area contributed by atoms with Crippen molar-refractivity contribution in [1.82, 2.24) is 15.5 Å². The van der Waals surface area contributed by atoms with Crippen molar-refractivity contribution in [3.63, 3.8) is 0 Å². The number of likely N-dealkylation sites (tertiary alicyclic amines) is 1. The minimum atomic E-state index is -0.734. The summed E-state index contributed by atoms with van der Waals surface area (Å²) in [5.41, 5.74) is 5.16. The minimum absolute atomic E-state index is 0.0475. The first-order valence-electron chi connectivity index (χ1n) is 9.65. The van der Waals surface area contributed by atoms with Gasteiger partial charge in [0.1, 0.15) is 0 Å². The second kappa shape index (κ2) is 10.5.